The van der Waals surface area contributed by atoms with Crippen molar-refractivity contribution in [1.29, 1.82) is 0 Å². The standard InChI is InChI=1S/C26H26F3NS/c1-4-30-24-14-23(26(27,28)29)21(11-16(24)2)13-25-17(3)22(15-31-25)20-10-9-18-7-5-6-8-19(18)12-20/h4,9-12,14-15H,5-8,13H2,1-3H3. The van der Waals surface area contributed by atoms with Crippen molar-refractivity contribution in [3.63, 3.8) is 0 Å². The Labute approximate surface area is 185 Å². The number of hydrogen-bond donors (Lipinski definition) is 0. The molecule has 2 aromatic carbocycles. The van der Waals surface area contributed by atoms with Crippen molar-refractivity contribution in [2.24, 2.45) is 4.99 Å². The van der Waals surface area contributed by atoms with Gasteiger partial charge in [-0.3, -0.25) is 4.99 Å². The van der Waals surface area contributed by atoms with Gasteiger partial charge in [-0.25, -0.2) is 0 Å². The van der Waals surface area contributed by atoms with Crippen molar-refractivity contribution >= 4 is 23.2 Å². The van der Waals surface area contributed by atoms with Crippen molar-refractivity contribution in [3.05, 3.63) is 74.0 Å². The fourth-order valence-electron chi connectivity index (χ4n) is 4.43. The van der Waals surface area contributed by atoms with E-state index in [1.807, 2.05) is 13.8 Å². The number of alkyl halides is 3. The zero-order chi connectivity index (χ0) is 22.2. The van der Waals surface area contributed by atoms with Crippen LogP contribution in [0, 0.1) is 13.8 Å². The van der Waals surface area contributed by atoms with Gasteiger partial charge in [0, 0.05) is 17.5 Å². The third kappa shape index (κ3) is 4.47. The maximum absolute atomic E-state index is 13.8. The highest BCUT2D eigenvalue weighted by molar-refractivity contribution is 7.10. The molecule has 1 nitrogen and oxygen atoms in total. The van der Waals surface area contributed by atoms with Crippen LogP contribution in [0.25, 0.3) is 11.1 Å². The van der Waals surface area contributed by atoms with Crippen LogP contribution in [0.2, 0.25) is 0 Å². The number of benzene rings is 2. The third-order valence-corrected chi connectivity index (χ3v) is 7.24. The summed E-state index contributed by atoms with van der Waals surface area (Å²) in [5.74, 6) is 0. The predicted octanol–water partition coefficient (Wildman–Crippen LogP) is 8.24. The first-order valence-electron chi connectivity index (χ1n) is 10.7. The van der Waals surface area contributed by atoms with E-state index in [1.165, 1.54) is 41.8 Å². The second-order valence-electron chi connectivity index (χ2n) is 8.25. The highest BCUT2D eigenvalue weighted by Crippen LogP contribution is 2.40. The quantitative estimate of drug-likeness (QED) is 0.362. The maximum Gasteiger partial charge on any atom is 0.416 e. The normalized spacial score (nSPS) is 14.3. The Bertz CT molecular complexity index is 1140. The number of aliphatic imine (C=N–C) groups is 1. The van der Waals surface area contributed by atoms with Gasteiger partial charge in [0.1, 0.15) is 0 Å². The summed E-state index contributed by atoms with van der Waals surface area (Å²) in [5, 5.41) is 2.09. The molecule has 0 saturated heterocycles. The molecule has 0 radical (unpaired) electrons. The van der Waals surface area contributed by atoms with Crippen LogP contribution >= 0.6 is 11.3 Å². The van der Waals surface area contributed by atoms with E-state index in [4.69, 9.17) is 0 Å². The molecule has 3 aromatic rings. The van der Waals surface area contributed by atoms with Crippen LogP contribution in [0.15, 0.2) is 40.7 Å². The fourth-order valence-corrected chi connectivity index (χ4v) is 5.53. The molecule has 0 N–H and O–H groups in total. The summed E-state index contributed by atoms with van der Waals surface area (Å²) < 4.78 is 41.4. The van der Waals surface area contributed by atoms with E-state index >= 15 is 0 Å². The lowest BCUT2D eigenvalue weighted by Crippen LogP contribution is -2.10. The van der Waals surface area contributed by atoms with E-state index in [0.717, 1.165) is 34.4 Å². The summed E-state index contributed by atoms with van der Waals surface area (Å²) in [6.45, 7) is 5.54. The summed E-state index contributed by atoms with van der Waals surface area (Å²) in [5.41, 5.74) is 7.06. The molecule has 0 saturated carbocycles. The number of hydrogen-bond acceptors (Lipinski definition) is 2. The lowest BCUT2D eigenvalue weighted by atomic mass is 9.88. The summed E-state index contributed by atoms with van der Waals surface area (Å²) in [6, 6.07) is 9.47. The molecule has 1 aliphatic rings. The van der Waals surface area contributed by atoms with Crippen molar-refractivity contribution in [2.45, 2.75) is 59.1 Å². The first-order chi connectivity index (χ1) is 14.8. The molecule has 162 valence electrons. The monoisotopic (exact) mass is 441 g/mol. The minimum atomic E-state index is -4.41. The van der Waals surface area contributed by atoms with Crippen molar-refractivity contribution < 1.29 is 13.2 Å². The van der Waals surface area contributed by atoms with Gasteiger partial charge >= 0.3 is 6.18 Å². The Kier molecular flexibility index (Phi) is 6.07. The molecule has 0 spiro atoms. The number of aryl methyl sites for hydroxylation is 3. The highest BCUT2D eigenvalue weighted by atomic mass is 32.1. The average Bonchev–Trinajstić information content (AvgIpc) is 3.09. The molecule has 0 bridgehead atoms. The van der Waals surface area contributed by atoms with E-state index in [2.05, 4.69) is 28.6 Å². The first-order valence-corrected chi connectivity index (χ1v) is 11.5. The van der Waals surface area contributed by atoms with Gasteiger partial charge in [0.15, 0.2) is 0 Å². The molecule has 1 aromatic heterocycles. The average molecular weight is 442 g/mol. The fraction of sp³-hybridized carbons (Fsp3) is 0.346. The summed E-state index contributed by atoms with van der Waals surface area (Å²) in [4.78, 5) is 5.08. The Hall–Kier alpha value is -2.40. The molecule has 1 aliphatic carbocycles. The van der Waals surface area contributed by atoms with E-state index in [-0.39, 0.29) is 6.42 Å². The smallest absolute Gasteiger partial charge is 0.261 e. The van der Waals surface area contributed by atoms with Crippen LogP contribution in [-0.2, 0) is 25.4 Å². The Balaban J connectivity index is 1.70. The van der Waals surface area contributed by atoms with E-state index < -0.39 is 11.7 Å². The van der Waals surface area contributed by atoms with Gasteiger partial charge in [-0.1, -0.05) is 24.3 Å². The van der Waals surface area contributed by atoms with Crippen molar-refractivity contribution in [1.82, 2.24) is 0 Å². The number of rotatable bonds is 4. The number of halogens is 3. The molecular formula is C26H26F3NS. The molecule has 31 heavy (non-hydrogen) atoms. The van der Waals surface area contributed by atoms with Crippen LogP contribution in [0.1, 0.15) is 58.0 Å². The Morgan fingerprint density at radius 1 is 1.03 bits per heavy atom. The van der Waals surface area contributed by atoms with E-state index in [1.54, 1.807) is 24.3 Å². The summed E-state index contributed by atoms with van der Waals surface area (Å²) >= 11 is 1.55. The van der Waals surface area contributed by atoms with Crippen LogP contribution in [0.3, 0.4) is 0 Å². The molecule has 4 rings (SSSR count). The van der Waals surface area contributed by atoms with E-state index in [0.29, 0.717) is 11.3 Å². The predicted molar refractivity (Wildman–Crippen MR) is 124 cm³/mol. The van der Waals surface area contributed by atoms with Gasteiger partial charge in [0.2, 0.25) is 0 Å². The van der Waals surface area contributed by atoms with Crippen LogP contribution in [-0.4, -0.2) is 6.21 Å². The van der Waals surface area contributed by atoms with Crippen molar-refractivity contribution in [2.75, 3.05) is 0 Å². The number of fused-ring (bicyclic) bond motifs is 1. The Morgan fingerprint density at radius 2 is 1.77 bits per heavy atom. The molecule has 0 fully saturated rings. The van der Waals surface area contributed by atoms with Crippen LogP contribution < -0.4 is 0 Å². The molecule has 0 atom stereocenters. The lowest BCUT2D eigenvalue weighted by molar-refractivity contribution is -0.138. The zero-order valence-electron chi connectivity index (χ0n) is 18.1. The lowest BCUT2D eigenvalue weighted by Gasteiger charge is -2.17. The molecule has 1 heterocycles. The van der Waals surface area contributed by atoms with Gasteiger partial charge in [0.05, 0.1) is 11.3 Å². The maximum atomic E-state index is 13.8. The molecule has 0 aliphatic heterocycles. The van der Waals surface area contributed by atoms with Crippen molar-refractivity contribution in [3.8, 4) is 11.1 Å². The van der Waals surface area contributed by atoms with Gasteiger partial charge < -0.3 is 0 Å². The second kappa shape index (κ2) is 8.62. The minimum absolute atomic E-state index is 0.271. The molecule has 5 heteroatoms. The van der Waals surface area contributed by atoms with Gasteiger partial charge in [0.25, 0.3) is 0 Å². The molecule has 0 unspecified atom stereocenters. The second-order valence-corrected chi connectivity index (χ2v) is 9.21. The van der Waals surface area contributed by atoms with Gasteiger partial charge in [-0.05, 0) is 96.8 Å². The zero-order valence-corrected chi connectivity index (χ0v) is 18.9. The Morgan fingerprint density at radius 3 is 2.48 bits per heavy atom. The number of nitrogens with zero attached hydrogens (tertiary/aromatic N) is 1. The van der Waals surface area contributed by atoms with Gasteiger partial charge in [-0.2, -0.15) is 13.2 Å². The SMILES string of the molecule is CC=Nc1cc(C(F)(F)F)c(Cc2scc(-c3ccc4c(c3)CCCC4)c2C)cc1C. The molecule has 0 amide bonds. The van der Waals surface area contributed by atoms with Crippen LogP contribution in [0.5, 0.6) is 0 Å². The first kappa shape index (κ1) is 21.8. The molecular weight excluding hydrogens is 415 g/mol. The topological polar surface area (TPSA) is 12.4 Å². The number of thiophene rings is 1. The largest absolute Gasteiger partial charge is 0.416 e. The third-order valence-electron chi connectivity index (χ3n) is 6.15. The van der Waals surface area contributed by atoms with E-state index in [9.17, 15) is 13.2 Å². The van der Waals surface area contributed by atoms with Crippen LogP contribution in [0.4, 0.5) is 18.9 Å². The summed E-state index contributed by atoms with van der Waals surface area (Å²) in [6.07, 6.45) is 2.11. The highest BCUT2D eigenvalue weighted by Gasteiger charge is 2.34. The van der Waals surface area contributed by atoms with Gasteiger partial charge in [-0.15, -0.1) is 11.3 Å². The minimum Gasteiger partial charge on any atom is -0.261 e. The summed E-state index contributed by atoms with van der Waals surface area (Å²) in [7, 11) is 0.